The van der Waals surface area contributed by atoms with Gasteiger partial charge in [-0.1, -0.05) is 18.5 Å². The van der Waals surface area contributed by atoms with Crippen molar-refractivity contribution in [1.29, 1.82) is 0 Å². The molecule has 2 bridgehead atoms. The van der Waals surface area contributed by atoms with Crippen LogP contribution in [0.2, 0.25) is 5.02 Å². The number of carbonyl (C=O) groups is 2. The van der Waals surface area contributed by atoms with Crippen molar-refractivity contribution in [2.45, 2.75) is 31.7 Å². The Bertz CT molecular complexity index is 896. The van der Waals surface area contributed by atoms with Crippen molar-refractivity contribution in [1.82, 2.24) is 10.3 Å². The lowest BCUT2D eigenvalue weighted by atomic mass is 9.36. The summed E-state index contributed by atoms with van der Waals surface area (Å²) in [6.45, 7) is 1.91. The third-order valence-electron chi connectivity index (χ3n) is 5.83. The van der Waals surface area contributed by atoms with Crippen molar-refractivity contribution in [2.24, 2.45) is 11.3 Å². The van der Waals surface area contributed by atoms with Crippen molar-refractivity contribution < 1.29 is 14.0 Å². The van der Waals surface area contributed by atoms with Crippen LogP contribution in [0.25, 0.3) is 0 Å². The number of rotatable bonds is 5. The Labute approximate surface area is 161 Å². The molecule has 140 valence electrons. The van der Waals surface area contributed by atoms with Gasteiger partial charge in [0, 0.05) is 28.4 Å². The van der Waals surface area contributed by atoms with Crippen molar-refractivity contribution >= 4 is 29.1 Å². The number of nitrogens with zero attached hydrogens (tertiary/aromatic N) is 1. The Morgan fingerprint density at radius 2 is 1.85 bits per heavy atom. The second-order valence-electron chi connectivity index (χ2n) is 7.70. The summed E-state index contributed by atoms with van der Waals surface area (Å²) < 4.78 is 13.0. The number of benzene rings is 1. The summed E-state index contributed by atoms with van der Waals surface area (Å²) in [6, 6.07) is 8.88. The van der Waals surface area contributed by atoms with Crippen LogP contribution in [0.1, 0.15) is 36.7 Å². The van der Waals surface area contributed by atoms with Crippen molar-refractivity contribution in [3.05, 3.63) is 59.1 Å². The molecule has 2 aromatic rings. The van der Waals surface area contributed by atoms with Crippen LogP contribution in [0.4, 0.5) is 10.1 Å². The van der Waals surface area contributed by atoms with Gasteiger partial charge in [0.2, 0.25) is 5.91 Å². The van der Waals surface area contributed by atoms with E-state index in [-0.39, 0.29) is 34.5 Å². The van der Waals surface area contributed by atoms with Crippen LogP contribution in [0.3, 0.4) is 0 Å². The highest BCUT2D eigenvalue weighted by molar-refractivity contribution is 6.30. The Balaban J connectivity index is 1.33. The third-order valence-corrected chi connectivity index (χ3v) is 6.06. The van der Waals surface area contributed by atoms with Gasteiger partial charge in [0.25, 0.3) is 5.91 Å². The molecule has 2 amide bonds. The lowest BCUT2D eigenvalue weighted by molar-refractivity contribution is -0.184. The fourth-order valence-electron chi connectivity index (χ4n) is 4.35. The highest BCUT2D eigenvalue weighted by Gasteiger charge is 2.71. The normalized spacial score (nSPS) is 26.3. The number of anilines is 1. The fourth-order valence-corrected chi connectivity index (χ4v) is 4.51. The largest absolute Gasteiger partial charge is 0.345 e. The van der Waals surface area contributed by atoms with E-state index in [0.717, 1.165) is 19.3 Å². The number of halogens is 2. The number of hydrogen-bond acceptors (Lipinski definition) is 3. The molecule has 1 heterocycles. The summed E-state index contributed by atoms with van der Waals surface area (Å²) in [7, 11) is 0. The van der Waals surface area contributed by atoms with Gasteiger partial charge < -0.3 is 10.6 Å². The van der Waals surface area contributed by atoms with Crippen LogP contribution in [0.5, 0.6) is 0 Å². The molecule has 5 rings (SSSR count). The highest BCUT2D eigenvalue weighted by atomic mass is 35.5. The highest BCUT2D eigenvalue weighted by Crippen LogP contribution is 2.70. The second-order valence-corrected chi connectivity index (χ2v) is 8.14. The molecule has 27 heavy (non-hydrogen) atoms. The number of pyridine rings is 1. The van der Waals surface area contributed by atoms with Crippen LogP contribution in [0, 0.1) is 17.2 Å². The monoisotopic (exact) mass is 387 g/mol. The molecule has 3 aliphatic rings. The molecule has 2 N–H and O–H groups in total. The van der Waals surface area contributed by atoms with Gasteiger partial charge in [-0.25, -0.2) is 4.39 Å². The van der Waals surface area contributed by atoms with E-state index < -0.39 is 0 Å². The molecule has 0 saturated heterocycles. The lowest BCUT2D eigenvalue weighted by Crippen LogP contribution is -2.77. The quantitative estimate of drug-likeness (QED) is 0.819. The molecule has 1 atom stereocenters. The van der Waals surface area contributed by atoms with E-state index in [2.05, 4.69) is 15.6 Å². The molecular weight excluding hydrogens is 369 g/mol. The first kappa shape index (κ1) is 17.9. The van der Waals surface area contributed by atoms with Gasteiger partial charge in [0.05, 0.1) is 0 Å². The molecule has 0 radical (unpaired) electrons. The van der Waals surface area contributed by atoms with Gasteiger partial charge in [-0.2, -0.15) is 0 Å². The minimum absolute atomic E-state index is 0.0842. The number of nitrogens with one attached hydrogen (secondary N) is 2. The number of hydrogen-bond donors (Lipinski definition) is 2. The lowest BCUT2D eigenvalue weighted by Gasteiger charge is -2.72. The van der Waals surface area contributed by atoms with E-state index >= 15 is 0 Å². The molecule has 3 saturated carbocycles. The van der Waals surface area contributed by atoms with Crippen molar-refractivity contribution in [3.63, 3.8) is 0 Å². The molecule has 3 fully saturated rings. The molecular formula is C20H19ClFN3O2. The second kappa shape index (κ2) is 6.30. The number of carbonyl (C=O) groups excluding carboxylic acids is 2. The van der Waals surface area contributed by atoms with E-state index in [1.807, 2.05) is 6.92 Å². The minimum Gasteiger partial charge on any atom is -0.345 e. The summed E-state index contributed by atoms with van der Waals surface area (Å²) in [5, 5.41) is 6.35. The van der Waals surface area contributed by atoms with Crippen molar-refractivity contribution in [3.8, 4) is 0 Å². The number of amides is 2. The Morgan fingerprint density at radius 3 is 2.48 bits per heavy atom. The Morgan fingerprint density at radius 1 is 1.19 bits per heavy atom. The smallest absolute Gasteiger partial charge is 0.270 e. The molecule has 3 aliphatic carbocycles. The predicted molar refractivity (Wildman–Crippen MR) is 99.9 cm³/mol. The van der Waals surface area contributed by atoms with E-state index in [9.17, 15) is 14.0 Å². The van der Waals surface area contributed by atoms with E-state index in [4.69, 9.17) is 11.6 Å². The maximum Gasteiger partial charge on any atom is 0.270 e. The van der Waals surface area contributed by atoms with Gasteiger partial charge >= 0.3 is 0 Å². The predicted octanol–water partition coefficient (Wildman–Crippen LogP) is 3.80. The molecule has 7 heteroatoms. The molecule has 0 aliphatic heterocycles. The summed E-state index contributed by atoms with van der Waals surface area (Å²) in [4.78, 5) is 28.9. The maximum absolute atomic E-state index is 13.0. The molecule has 5 nitrogen and oxygen atoms in total. The zero-order chi connectivity index (χ0) is 19.2. The third kappa shape index (κ3) is 3.18. The van der Waals surface area contributed by atoms with Gasteiger partial charge in [-0.05, 0) is 61.1 Å². The molecule has 0 spiro atoms. The SMILES string of the molecule is CC(C(=O)Nc1ccc(F)cc1)C12CC(NC(=O)c3cc(Cl)ccn3)(C1)C2. The maximum atomic E-state index is 13.0. The summed E-state index contributed by atoms with van der Waals surface area (Å²) in [5.74, 6) is -0.857. The average molecular weight is 388 g/mol. The van der Waals surface area contributed by atoms with Gasteiger partial charge in [-0.3, -0.25) is 14.6 Å². The first-order chi connectivity index (χ1) is 12.8. The zero-order valence-corrected chi connectivity index (χ0v) is 15.5. The first-order valence-electron chi connectivity index (χ1n) is 8.81. The summed E-state index contributed by atoms with van der Waals surface area (Å²) in [6.07, 6.45) is 3.81. The standard InChI is InChI=1S/C20H19ClFN3O2/c1-12(17(26)24-15-4-2-14(22)3-5-15)19-9-20(10-19,11-19)25-18(27)16-8-13(21)6-7-23-16/h2-8,12H,9-11H2,1H3,(H,24,26)(H,25,27). The Kier molecular flexibility index (Phi) is 4.18. The molecule has 1 aromatic heterocycles. The van der Waals surface area contributed by atoms with Crippen LogP contribution >= 0.6 is 11.6 Å². The molecule has 1 unspecified atom stereocenters. The zero-order valence-electron chi connectivity index (χ0n) is 14.8. The Hall–Kier alpha value is -2.47. The van der Waals surface area contributed by atoms with Crippen LogP contribution in [-0.4, -0.2) is 22.3 Å². The molecule has 1 aromatic carbocycles. The average Bonchev–Trinajstić information content (AvgIpc) is 2.58. The summed E-state index contributed by atoms with van der Waals surface area (Å²) in [5.41, 5.74) is 0.545. The fraction of sp³-hybridized carbons (Fsp3) is 0.350. The van der Waals surface area contributed by atoms with E-state index in [1.165, 1.54) is 24.4 Å². The van der Waals surface area contributed by atoms with Gasteiger partial charge in [0.15, 0.2) is 0 Å². The van der Waals surface area contributed by atoms with E-state index in [1.54, 1.807) is 18.2 Å². The summed E-state index contributed by atoms with van der Waals surface area (Å²) >= 11 is 5.91. The van der Waals surface area contributed by atoms with Crippen LogP contribution in [0.15, 0.2) is 42.6 Å². The minimum atomic E-state index is -0.340. The first-order valence-corrected chi connectivity index (χ1v) is 9.19. The van der Waals surface area contributed by atoms with Gasteiger partial charge in [0.1, 0.15) is 11.5 Å². The van der Waals surface area contributed by atoms with E-state index in [0.29, 0.717) is 16.4 Å². The van der Waals surface area contributed by atoms with Crippen LogP contribution < -0.4 is 10.6 Å². The van der Waals surface area contributed by atoms with Gasteiger partial charge in [-0.15, -0.1) is 0 Å². The number of aromatic nitrogens is 1. The van der Waals surface area contributed by atoms with Crippen molar-refractivity contribution in [2.75, 3.05) is 5.32 Å². The topological polar surface area (TPSA) is 71.1 Å². The van der Waals surface area contributed by atoms with Crippen LogP contribution in [-0.2, 0) is 4.79 Å².